The number of rotatable bonds is 6. The van der Waals surface area contributed by atoms with Gasteiger partial charge in [-0.1, -0.05) is 19.8 Å². The van der Waals surface area contributed by atoms with E-state index in [4.69, 9.17) is 5.11 Å². The molecular weight excluding hydrogens is 304 g/mol. The van der Waals surface area contributed by atoms with E-state index in [1.165, 1.54) is 11.8 Å². The van der Waals surface area contributed by atoms with Gasteiger partial charge in [-0.25, -0.2) is 4.79 Å². The molecule has 0 aliphatic carbocycles. The minimum Gasteiger partial charge on any atom is -0.480 e. The number of nitrogens with one attached hydrogen (secondary N) is 2. The molecule has 2 rings (SSSR count). The third-order valence-corrected chi connectivity index (χ3v) is 4.40. The van der Waals surface area contributed by atoms with Crippen LogP contribution in [0.15, 0.2) is 23.1 Å². The summed E-state index contributed by atoms with van der Waals surface area (Å²) < 4.78 is 0. The number of carbonyl (C=O) groups excluding carboxylic acids is 2. The topological polar surface area (TPSA) is 95.5 Å². The molecule has 0 spiro atoms. The minimum atomic E-state index is -1.04. The van der Waals surface area contributed by atoms with E-state index in [0.717, 1.165) is 17.7 Å². The molecule has 2 amide bonds. The zero-order valence-corrected chi connectivity index (χ0v) is 13.0. The number of hydrogen-bond donors (Lipinski definition) is 3. The Morgan fingerprint density at radius 3 is 2.91 bits per heavy atom. The fraction of sp³-hybridized carbons (Fsp3) is 0.400. The third kappa shape index (κ3) is 4.00. The number of unbranched alkanes of at least 4 members (excludes halogenated alkanes) is 1. The molecule has 7 heteroatoms. The number of carboxylic acid groups (broad SMARTS) is 1. The Hall–Kier alpha value is -2.02. The van der Waals surface area contributed by atoms with Gasteiger partial charge < -0.3 is 15.7 Å². The van der Waals surface area contributed by atoms with Gasteiger partial charge >= 0.3 is 5.97 Å². The number of fused-ring (bicyclic) bond motifs is 1. The van der Waals surface area contributed by atoms with Crippen molar-refractivity contribution in [2.75, 3.05) is 11.1 Å². The van der Waals surface area contributed by atoms with E-state index in [1.54, 1.807) is 18.2 Å². The van der Waals surface area contributed by atoms with Gasteiger partial charge in [0.15, 0.2) is 0 Å². The fourth-order valence-electron chi connectivity index (χ4n) is 2.13. The Balaban J connectivity index is 2.10. The molecule has 1 aromatic carbocycles. The highest BCUT2D eigenvalue weighted by molar-refractivity contribution is 8.00. The maximum atomic E-state index is 12.2. The largest absolute Gasteiger partial charge is 0.480 e. The molecule has 1 aliphatic heterocycles. The minimum absolute atomic E-state index is 0.110. The van der Waals surface area contributed by atoms with Crippen molar-refractivity contribution in [2.24, 2.45) is 0 Å². The van der Waals surface area contributed by atoms with Gasteiger partial charge in [0.05, 0.1) is 11.4 Å². The first-order valence-electron chi connectivity index (χ1n) is 7.11. The lowest BCUT2D eigenvalue weighted by atomic mass is 10.1. The van der Waals surface area contributed by atoms with Crippen LogP contribution in [0.25, 0.3) is 0 Å². The highest BCUT2D eigenvalue weighted by Gasteiger charge is 2.22. The number of carboxylic acids is 1. The molecule has 22 heavy (non-hydrogen) atoms. The molecule has 0 saturated heterocycles. The first kappa shape index (κ1) is 16.4. The van der Waals surface area contributed by atoms with Crippen LogP contribution in [-0.4, -0.2) is 34.7 Å². The van der Waals surface area contributed by atoms with Gasteiger partial charge in [-0.2, -0.15) is 0 Å². The second-order valence-corrected chi connectivity index (χ2v) is 6.07. The second kappa shape index (κ2) is 7.31. The van der Waals surface area contributed by atoms with Crippen LogP contribution in [-0.2, 0) is 9.59 Å². The lowest BCUT2D eigenvalue weighted by Gasteiger charge is -2.18. The van der Waals surface area contributed by atoms with Crippen LogP contribution in [0.2, 0.25) is 0 Å². The SMILES string of the molecule is CCCC[C@H](NC(=O)c1ccc2c(c1)NC(=O)CS2)C(=O)O. The zero-order valence-electron chi connectivity index (χ0n) is 12.2. The van der Waals surface area contributed by atoms with Crippen LogP contribution in [0.4, 0.5) is 5.69 Å². The highest BCUT2D eigenvalue weighted by Crippen LogP contribution is 2.31. The molecule has 1 atom stereocenters. The average molecular weight is 322 g/mol. The molecule has 3 N–H and O–H groups in total. The molecule has 0 bridgehead atoms. The molecule has 118 valence electrons. The second-order valence-electron chi connectivity index (χ2n) is 5.05. The maximum Gasteiger partial charge on any atom is 0.326 e. The summed E-state index contributed by atoms with van der Waals surface area (Å²) in [5.74, 6) is -1.24. The summed E-state index contributed by atoms with van der Waals surface area (Å²) >= 11 is 1.41. The van der Waals surface area contributed by atoms with Gasteiger partial charge in [0, 0.05) is 10.5 Å². The van der Waals surface area contributed by atoms with Crippen LogP contribution in [0, 0.1) is 0 Å². The normalized spacial score (nSPS) is 14.7. The standard InChI is InChI=1S/C15H18N2O4S/c1-2-3-4-10(15(20)21)17-14(19)9-5-6-12-11(7-9)16-13(18)8-22-12/h5-7,10H,2-4,8H2,1H3,(H,16,18)(H,17,19)(H,20,21)/t10-/m0/s1. The number of thioether (sulfide) groups is 1. The quantitative estimate of drug-likeness (QED) is 0.745. The van der Waals surface area contributed by atoms with Gasteiger partial charge in [-0.15, -0.1) is 11.8 Å². The Labute approximate surface area is 132 Å². The molecule has 0 aromatic heterocycles. The predicted molar refractivity (Wildman–Crippen MR) is 84.2 cm³/mol. The number of anilines is 1. The van der Waals surface area contributed by atoms with Crippen molar-refractivity contribution >= 4 is 35.2 Å². The Bertz CT molecular complexity index is 603. The number of aliphatic carboxylic acids is 1. The van der Waals surface area contributed by atoms with Crippen molar-refractivity contribution in [2.45, 2.75) is 37.1 Å². The van der Waals surface area contributed by atoms with Crippen LogP contribution in [0.5, 0.6) is 0 Å². The summed E-state index contributed by atoms with van der Waals surface area (Å²) in [5.41, 5.74) is 0.929. The van der Waals surface area contributed by atoms with Gasteiger partial charge in [0.1, 0.15) is 6.04 Å². The summed E-state index contributed by atoms with van der Waals surface area (Å²) in [6.45, 7) is 1.96. The zero-order chi connectivity index (χ0) is 16.1. The summed E-state index contributed by atoms with van der Waals surface area (Å²) in [4.78, 5) is 35.7. The van der Waals surface area contributed by atoms with E-state index in [-0.39, 0.29) is 5.91 Å². The number of hydrogen-bond acceptors (Lipinski definition) is 4. The van der Waals surface area contributed by atoms with E-state index >= 15 is 0 Å². The van der Waals surface area contributed by atoms with Crippen molar-refractivity contribution in [1.82, 2.24) is 5.32 Å². The lowest BCUT2D eigenvalue weighted by molar-refractivity contribution is -0.139. The fourth-order valence-corrected chi connectivity index (χ4v) is 2.92. The maximum absolute atomic E-state index is 12.2. The van der Waals surface area contributed by atoms with E-state index in [1.807, 2.05) is 6.92 Å². The smallest absolute Gasteiger partial charge is 0.326 e. The van der Waals surface area contributed by atoms with Crippen LogP contribution < -0.4 is 10.6 Å². The summed E-state index contributed by atoms with van der Waals surface area (Å²) in [5, 5.41) is 14.4. The molecule has 1 heterocycles. The molecule has 1 aliphatic rings. The first-order chi connectivity index (χ1) is 10.5. The van der Waals surface area contributed by atoms with E-state index in [0.29, 0.717) is 23.4 Å². The van der Waals surface area contributed by atoms with E-state index in [9.17, 15) is 14.4 Å². The van der Waals surface area contributed by atoms with Crippen molar-refractivity contribution in [1.29, 1.82) is 0 Å². The number of carbonyl (C=O) groups is 3. The highest BCUT2D eigenvalue weighted by atomic mass is 32.2. The molecule has 0 radical (unpaired) electrons. The molecule has 0 saturated carbocycles. The number of amides is 2. The third-order valence-electron chi connectivity index (χ3n) is 3.32. The predicted octanol–water partition coefficient (Wildman–Crippen LogP) is 2.10. The molecule has 6 nitrogen and oxygen atoms in total. The molecular formula is C15H18N2O4S. The van der Waals surface area contributed by atoms with Crippen LogP contribution in [0.3, 0.4) is 0 Å². The van der Waals surface area contributed by atoms with Crippen molar-refractivity contribution < 1.29 is 19.5 Å². The van der Waals surface area contributed by atoms with Crippen LogP contribution >= 0.6 is 11.8 Å². The summed E-state index contributed by atoms with van der Waals surface area (Å²) in [6, 6.07) is 4.08. The summed E-state index contributed by atoms with van der Waals surface area (Å²) in [6.07, 6.45) is 1.99. The number of benzene rings is 1. The van der Waals surface area contributed by atoms with Crippen molar-refractivity contribution in [3.8, 4) is 0 Å². The first-order valence-corrected chi connectivity index (χ1v) is 8.10. The monoisotopic (exact) mass is 322 g/mol. The average Bonchev–Trinajstić information content (AvgIpc) is 2.50. The van der Waals surface area contributed by atoms with E-state index in [2.05, 4.69) is 10.6 Å². The van der Waals surface area contributed by atoms with Gasteiger partial charge in [-0.3, -0.25) is 9.59 Å². The Kier molecular flexibility index (Phi) is 5.43. The van der Waals surface area contributed by atoms with Gasteiger partial charge in [0.25, 0.3) is 5.91 Å². The molecule has 1 aromatic rings. The van der Waals surface area contributed by atoms with Gasteiger partial charge in [0.2, 0.25) is 5.91 Å². The van der Waals surface area contributed by atoms with Gasteiger partial charge in [-0.05, 0) is 24.6 Å². The van der Waals surface area contributed by atoms with Crippen molar-refractivity contribution in [3.05, 3.63) is 23.8 Å². The van der Waals surface area contributed by atoms with E-state index < -0.39 is 17.9 Å². The molecule has 0 unspecified atom stereocenters. The van der Waals surface area contributed by atoms with Crippen LogP contribution in [0.1, 0.15) is 36.5 Å². The summed E-state index contributed by atoms with van der Waals surface area (Å²) in [7, 11) is 0. The lowest BCUT2D eigenvalue weighted by Crippen LogP contribution is -2.40. The molecule has 0 fully saturated rings. The Morgan fingerprint density at radius 2 is 2.23 bits per heavy atom. The Morgan fingerprint density at radius 1 is 1.45 bits per heavy atom. The van der Waals surface area contributed by atoms with Crippen molar-refractivity contribution in [3.63, 3.8) is 0 Å².